The summed E-state index contributed by atoms with van der Waals surface area (Å²) in [7, 11) is 1.55. The molecular formula is C11H9FIN3O. The third-order valence-electron chi connectivity index (χ3n) is 2.18. The second-order valence-electron chi connectivity index (χ2n) is 3.46. The highest BCUT2D eigenvalue weighted by Crippen LogP contribution is 2.20. The van der Waals surface area contributed by atoms with Gasteiger partial charge < -0.3 is 5.32 Å². The van der Waals surface area contributed by atoms with Crippen LogP contribution in [0, 0.1) is 9.39 Å². The molecule has 0 aliphatic heterocycles. The van der Waals surface area contributed by atoms with Gasteiger partial charge in [-0.3, -0.25) is 4.79 Å². The van der Waals surface area contributed by atoms with Crippen LogP contribution in [-0.2, 0) is 7.05 Å². The van der Waals surface area contributed by atoms with Gasteiger partial charge in [0.1, 0.15) is 5.82 Å². The number of nitrogens with zero attached hydrogens (tertiary/aromatic N) is 2. The van der Waals surface area contributed by atoms with Crippen molar-refractivity contribution in [3.63, 3.8) is 0 Å². The third kappa shape index (κ3) is 2.82. The lowest BCUT2D eigenvalue weighted by atomic mass is 10.3. The molecule has 0 radical (unpaired) electrons. The quantitative estimate of drug-likeness (QED) is 0.850. The summed E-state index contributed by atoms with van der Waals surface area (Å²) in [6.07, 6.45) is 1.47. The van der Waals surface area contributed by atoms with E-state index in [1.165, 1.54) is 23.0 Å². The van der Waals surface area contributed by atoms with Gasteiger partial charge in [-0.25, -0.2) is 9.07 Å². The van der Waals surface area contributed by atoms with Crippen molar-refractivity contribution in [1.29, 1.82) is 0 Å². The van der Waals surface area contributed by atoms with Gasteiger partial charge >= 0.3 is 0 Å². The first-order valence-corrected chi connectivity index (χ1v) is 5.89. The van der Waals surface area contributed by atoms with Gasteiger partial charge in [-0.1, -0.05) is 0 Å². The molecule has 0 aliphatic carbocycles. The predicted molar refractivity (Wildman–Crippen MR) is 71.9 cm³/mol. The summed E-state index contributed by atoms with van der Waals surface area (Å²) in [5, 5.41) is 6.65. The maximum absolute atomic E-state index is 13.5. The first kappa shape index (κ1) is 12.0. The van der Waals surface area contributed by atoms with Crippen LogP contribution in [0.1, 0.15) is 0 Å². The van der Waals surface area contributed by atoms with Crippen LogP contribution in [0.3, 0.4) is 0 Å². The Balaban J connectivity index is 2.31. The number of hydrogen-bond acceptors (Lipinski definition) is 3. The molecule has 0 bridgehead atoms. The Bertz CT molecular complexity index is 612. The van der Waals surface area contributed by atoms with Gasteiger partial charge in [-0.15, -0.1) is 0 Å². The number of aryl methyl sites for hydroxylation is 1. The molecule has 1 aromatic heterocycles. The highest BCUT2D eigenvalue weighted by Gasteiger charge is 2.04. The number of aromatic nitrogens is 2. The van der Waals surface area contributed by atoms with Crippen molar-refractivity contribution in [3.05, 3.63) is 50.2 Å². The molecule has 0 unspecified atom stereocenters. The molecule has 0 saturated carbocycles. The van der Waals surface area contributed by atoms with Crippen LogP contribution >= 0.6 is 22.6 Å². The molecule has 1 heterocycles. The van der Waals surface area contributed by atoms with Gasteiger partial charge in [-0.05, 0) is 40.8 Å². The van der Waals surface area contributed by atoms with E-state index < -0.39 is 0 Å². The molecule has 88 valence electrons. The molecule has 0 amide bonds. The van der Waals surface area contributed by atoms with Gasteiger partial charge in [0.05, 0.1) is 17.6 Å². The molecule has 2 aromatic rings. The standard InChI is InChI=1S/C11H9FIN3O/c1-16-11(17)5-8(6-14-16)15-10-3-2-7(13)4-9(10)12/h2-6,15H,1H3. The van der Waals surface area contributed by atoms with Crippen molar-refractivity contribution in [2.45, 2.75) is 0 Å². The predicted octanol–water partition coefficient (Wildman–Crippen LogP) is 2.27. The molecule has 0 fully saturated rings. The molecule has 0 saturated heterocycles. The van der Waals surface area contributed by atoms with E-state index >= 15 is 0 Å². The van der Waals surface area contributed by atoms with E-state index in [-0.39, 0.29) is 11.4 Å². The lowest BCUT2D eigenvalue weighted by Crippen LogP contribution is -2.18. The molecule has 1 N–H and O–H groups in total. The Hall–Kier alpha value is -1.44. The number of anilines is 2. The molecule has 2 rings (SSSR count). The van der Waals surface area contributed by atoms with Crippen LogP contribution in [0.5, 0.6) is 0 Å². The van der Waals surface area contributed by atoms with Crippen LogP contribution in [0.4, 0.5) is 15.8 Å². The Kier molecular flexibility index (Phi) is 3.41. The first-order chi connectivity index (χ1) is 8.06. The Morgan fingerprint density at radius 3 is 2.82 bits per heavy atom. The molecular weight excluding hydrogens is 336 g/mol. The molecule has 17 heavy (non-hydrogen) atoms. The van der Waals surface area contributed by atoms with Gasteiger partial charge in [0, 0.05) is 16.7 Å². The minimum atomic E-state index is -0.363. The largest absolute Gasteiger partial charge is 0.352 e. The summed E-state index contributed by atoms with van der Waals surface area (Å²) in [6, 6.07) is 6.18. The molecule has 6 heteroatoms. The number of rotatable bonds is 2. The zero-order valence-electron chi connectivity index (χ0n) is 8.95. The van der Waals surface area contributed by atoms with Crippen molar-refractivity contribution in [1.82, 2.24) is 9.78 Å². The number of halogens is 2. The number of nitrogens with one attached hydrogen (secondary N) is 1. The highest BCUT2D eigenvalue weighted by molar-refractivity contribution is 14.1. The molecule has 0 atom stereocenters. The van der Waals surface area contributed by atoms with E-state index in [1.54, 1.807) is 19.2 Å². The zero-order chi connectivity index (χ0) is 12.4. The van der Waals surface area contributed by atoms with Crippen molar-refractivity contribution in [2.75, 3.05) is 5.32 Å². The van der Waals surface area contributed by atoms with Crippen LogP contribution < -0.4 is 10.9 Å². The summed E-state index contributed by atoms with van der Waals surface area (Å²) in [5.41, 5.74) is 0.537. The lowest BCUT2D eigenvalue weighted by molar-refractivity contribution is 0.631. The van der Waals surface area contributed by atoms with Gasteiger partial charge in [0.25, 0.3) is 5.56 Å². The highest BCUT2D eigenvalue weighted by atomic mass is 127. The first-order valence-electron chi connectivity index (χ1n) is 4.82. The average molecular weight is 345 g/mol. The molecule has 0 aliphatic rings. The number of hydrogen-bond donors (Lipinski definition) is 1. The molecule has 0 spiro atoms. The fraction of sp³-hybridized carbons (Fsp3) is 0.0909. The maximum Gasteiger partial charge on any atom is 0.268 e. The second kappa shape index (κ2) is 4.82. The lowest BCUT2D eigenvalue weighted by Gasteiger charge is -2.07. The van der Waals surface area contributed by atoms with Gasteiger partial charge in [0.2, 0.25) is 0 Å². The van der Waals surface area contributed by atoms with Crippen molar-refractivity contribution in [3.8, 4) is 0 Å². The van der Waals surface area contributed by atoms with E-state index in [4.69, 9.17) is 0 Å². The smallest absolute Gasteiger partial charge is 0.268 e. The monoisotopic (exact) mass is 345 g/mol. The Labute approximate surface area is 111 Å². The SMILES string of the molecule is Cn1ncc(Nc2ccc(I)cc2F)cc1=O. The second-order valence-corrected chi connectivity index (χ2v) is 4.70. The van der Waals surface area contributed by atoms with E-state index in [0.717, 1.165) is 3.57 Å². The summed E-state index contributed by atoms with van der Waals surface area (Å²) in [6.45, 7) is 0. The summed E-state index contributed by atoms with van der Waals surface area (Å²) >= 11 is 2.03. The van der Waals surface area contributed by atoms with E-state index in [2.05, 4.69) is 10.4 Å². The maximum atomic E-state index is 13.5. The normalized spacial score (nSPS) is 10.3. The van der Waals surface area contributed by atoms with Crippen LogP contribution in [0.2, 0.25) is 0 Å². The molecule has 4 nitrogen and oxygen atoms in total. The summed E-state index contributed by atoms with van der Waals surface area (Å²) in [5.74, 6) is -0.363. The van der Waals surface area contributed by atoms with E-state index in [1.807, 2.05) is 22.6 Å². The zero-order valence-corrected chi connectivity index (χ0v) is 11.1. The Morgan fingerprint density at radius 1 is 1.41 bits per heavy atom. The van der Waals surface area contributed by atoms with Gasteiger partial charge in [-0.2, -0.15) is 5.10 Å². The van der Waals surface area contributed by atoms with Crippen LogP contribution in [-0.4, -0.2) is 9.78 Å². The number of benzene rings is 1. The Morgan fingerprint density at radius 2 is 2.18 bits per heavy atom. The van der Waals surface area contributed by atoms with E-state index in [9.17, 15) is 9.18 Å². The van der Waals surface area contributed by atoms with Crippen LogP contribution in [0.15, 0.2) is 35.3 Å². The van der Waals surface area contributed by atoms with Crippen molar-refractivity contribution < 1.29 is 4.39 Å². The van der Waals surface area contributed by atoms with E-state index in [0.29, 0.717) is 11.4 Å². The minimum Gasteiger partial charge on any atom is -0.352 e. The summed E-state index contributed by atoms with van der Waals surface area (Å²) < 4.78 is 15.6. The third-order valence-corrected chi connectivity index (χ3v) is 2.85. The average Bonchev–Trinajstić information content (AvgIpc) is 2.27. The van der Waals surface area contributed by atoms with Gasteiger partial charge in [0.15, 0.2) is 0 Å². The summed E-state index contributed by atoms with van der Waals surface area (Å²) in [4.78, 5) is 11.3. The van der Waals surface area contributed by atoms with Crippen molar-refractivity contribution >= 4 is 34.0 Å². The minimum absolute atomic E-state index is 0.249. The fourth-order valence-corrected chi connectivity index (χ4v) is 1.74. The van der Waals surface area contributed by atoms with Crippen molar-refractivity contribution in [2.24, 2.45) is 7.05 Å². The fourth-order valence-electron chi connectivity index (χ4n) is 1.28. The molecule has 1 aromatic carbocycles. The van der Waals surface area contributed by atoms with Crippen LogP contribution in [0.25, 0.3) is 0 Å². The topological polar surface area (TPSA) is 46.9 Å².